The third-order valence-corrected chi connectivity index (χ3v) is 7.55. The van der Waals surface area contributed by atoms with Crippen molar-refractivity contribution >= 4 is 31.9 Å². The average Bonchev–Trinajstić information content (AvgIpc) is 2.55. The van der Waals surface area contributed by atoms with Crippen LogP contribution in [0.2, 0.25) is 0 Å². The molecule has 0 spiro atoms. The van der Waals surface area contributed by atoms with E-state index in [2.05, 4.69) is 131 Å². The van der Waals surface area contributed by atoms with Crippen molar-refractivity contribution in [3.05, 3.63) is 71.8 Å². The molecule has 24 heavy (non-hydrogen) atoms. The quantitative estimate of drug-likeness (QED) is 0.439. The maximum Gasteiger partial charge on any atom is 0.151 e. The van der Waals surface area contributed by atoms with Gasteiger partial charge in [-0.2, -0.15) is 0 Å². The molecule has 0 saturated heterocycles. The van der Waals surface area contributed by atoms with Crippen LogP contribution >= 0.6 is 31.9 Å². The van der Waals surface area contributed by atoms with Gasteiger partial charge in [-0.05, 0) is 52.2 Å². The lowest BCUT2D eigenvalue weighted by atomic mass is 9.82. The van der Waals surface area contributed by atoms with Crippen molar-refractivity contribution in [1.82, 2.24) is 9.80 Å². The number of alkyl halides is 2. The Bertz CT molecular complexity index is 583. The highest BCUT2D eigenvalue weighted by Crippen LogP contribution is 2.46. The Kier molecular flexibility index (Phi) is 6.66. The van der Waals surface area contributed by atoms with Crippen LogP contribution in [0.4, 0.5) is 0 Å². The van der Waals surface area contributed by atoms with Gasteiger partial charge in [0.05, 0.1) is 5.54 Å². The van der Waals surface area contributed by atoms with Gasteiger partial charge in [-0.1, -0.05) is 92.5 Å². The van der Waals surface area contributed by atoms with Crippen LogP contribution in [0.1, 0.15) is 11.1 Å². The van der Waals surface area contributed by atoms with Gasteiger partial charge in [-0.15, -0.1) is 0 Å². The van der Waals surface area contributed by atoms with Gasteiger partial charge < -0.3 is 0 Å². The first-order chi connectivity index (χ1) is 11.3. The van der Waals surface area contributed by atoms with Crippen molar-refractivity contribution in [2.75, 3.05) is 28.2 Å². The first-order valence-corrected chi connectivity index (χ1v) is 9.69. The summed E-state index contributed by atoms with van der Waals surface area (Å²) in [7, 11) is 8.51. The first kappa shape index (κ1) is 19.6. The van der Waals surface area contributed by atoms with Crippen LogP contribution in [0.15, 0.2) is 60.7 Å². The van der Waals surface area contributed by atoms with Gasteiger partial charge >= 0.3 is 0 Å². The third kappa shape index (κ3) is 4.10. The van der Waals surface area contributed by atoms with Gasteiger partial charge in [0.25, 0.3) is 0 Å². The van der Waals surface area contributed by atoms with E-state index in [1.54, 1.807) is 0 Å². The molecule has 130 valence electrons. The second-order valence-corrected chi connectivity index (χ2v) is 10.0. The fourth-order valence-corrected chi connectivity index (χ4v) is 4.41. The smallest absolute Gasteiger partial charge is 0.151 e. The van der Waals surface area contributed by atoms with Crippen molar-refractivity contribution in [3.8, 4) is 0 Å². The topological polar surface area (TPSA) is 6.48 Å². The van der Waals surface area contributed by atoms with E-state index in [9.17, 15) is 0 Å². The Hall–Kier alpha value is -0.680. The lowest BCUT2D eigenvalue weighted by Crippen LogP contribution is -2.64. The SMILES string of the molecule is CN(C)C(Br)(Br)C(Cc1ccccc1)(Cc1ccccc1)N(C)C. The van der Waals surface area contributed by atoms with Crippen LogP contribution in [-0.2, 0) is 12.8 Å². The van der Waals surface area contributed by atoms with E-state index < -0.39 is 0 Å². The minimum absolute atomic E-state index is 0.181. The van der Waals surface area contributed by atoms with E-state index in [1.807, 2.05) is 0 Å². The van der Waals surface area contributed by atoms with Crippen LogP contribution in [-0.4, -0.2) is 46.9 Å². The van der Waals surface area contributed by atoms with Crippen molar-refractivity contribution in [2.24, 2.45) is 0 Å². The highest BCUT2D eigenvalue weighted by atomic mass is 79.9. The molecule has 0 radical (unpaired) electrons. The molecule has 2 aromatic carbocycles. The largest absolute Gasteiger partial charge is 0.300 e. The predicted molar refractivity (Wildman–Crippen MR) is 111 cm³/mol. The number of likely N-dealkylation sites (N-methyl/N-ethyl adjacent to an activating group) is 2. The second-order valence-electron chi connectivity index (χ2n) is 6.69. The molecule has 0 atom stereocenters. The van der Waals surface area contributed by atoms with E-state index in [4.69, 9.17) is 0 Å². The van der Waals surface area contributed by atoms with Gasteiger partial charge in [0.15, 0.2) is 3.36 Å². The summed E-state index contributed by atoms with van der Waals surface area (Å²) >= 11 is 7.97. The van der Waals surface area contributed by atoms with Crippen LogP contribution in [0.5, 0.6) is 0 Å². The Morgan fingerprint density at radius 1 is 0.667 bits per heavy atom. The molecule has 2 rings (SSSR count). The van der Waals surface area contributed by atoms with Crippen LogP contribution < -0.4 is 0 Å². The molecule has 4 heteroatoms. The van der Waals surface area contributed by atoms with Crippen molar-refractivity contribution < 1.29 is 0 Å². The predicted octanol–water partition coefficient (Wildman–Crippen LogP) is 4.78. The summed E-state index contributed by atoms with van der Waals surface area (Å²) in [6.07, 6.45) is 1.84. The standard InChI is InChI=1S/C20H26Br2N2/c1-23(2)19(20(21,22)24(3)4,15-17-11-7-5-8-12-17)16-18-13-9-6-10-14-18/h5-14H,15-16H2,1-4H3. The zero-order valence-corrected chi connectivity index (χ0v) is 18.0. The third-order valence-electron chi connectivity index (χ3n) is 4.66. The Labute approximate surface area is 163 Å². The van der Waals surface area contributed by atoms with Crippen molar-refractivity contribution in [1.29, 1.82) is 0 Å². The monoisotopic (exact) mass is 452 g/mol. The molecular formula is C20H26Br2N2. The lowest BCUT2D eigenvalue weighted by Gasteiger charge is -2.52. The van der Waals surface area contributed by atoms with E-state index in [0.717, 1.165) is 12.8 Å². The molecule has 0 aliphatic rings. The van der Waals surface area contributed by atoms with Crippen molar-refractivity contribution in [3.63, 3.8) is 0 Å². The highest BCUT2D eigenvalue weighted by Gasteiger charge is 2.51. The summed E-state index contributed by atoms with van der Waals surface area (Å²) in [5.41, 5.74) is 2.47. The molecule has 0 unspecified atom stereocenters. The maximum atomic E-state index is 3.99. The van der Waals surface area contributed by atoms with Crippen LogP contribution in [0.3, 0.4) is 0 Å². The minimum atomic E-state index is -0.373. The first-order valence-electron chi connectivity index (χ1n) is 8.10. The van der Waals surface area contributed by atoms with Gasteiger partial charge in [0, 0.05) is 0 Å². The van der Waals surface area contributed by atoms with Gasteiger partial charge in [0.2, 0.25) is 0 Å². The van der Waals surface area contributed by atoms with Gasteiger partial charge in [-0.25, -0.2) is 0 Å². The number of hydrogen-bond acceptors (Lipinski definition) is 2. The summed E-state index contributed by atoms with van der Waals surface area (Å²) in [6.45, 7) is 0. The molecule has 0 fully saturated rings. The molecular weight excluding hydrogens is 428 g/mol. The van der Waals surface area contributed by atoms with Gasteiger partial charge in [-0.3, -0.25) is 9.80 Å². The van der Waals surface area contributed by atoms with Crippen LogP contribution in [0, 0.1) is 0 Å². The number of nitrogens with zero attached hydrogens (tertiary/aromatic N) is 2. The molecule has 0 aliphatic heterocycles. The summed E-state index contributed by atoms with van der Waals surface area (Å²) in [4.78, 5) is 4.52. The number of rotatable bonds is 7. The van der Waals surface area contributed by atoms with E-state index >= 15 is 0 Å². The molecule has 0 N–H and O–H groups in total. The van der Waals surface area contributed by atoms with Crippen LogP contribution in [0.25, 0.3) is 0 Å². The molecule has 0 amide bonds. The Balaban J connectivity index is 2.52. The highest BCUT2D eigenvalue weighted by molar-refractivity contribution is 9.25. The molecule has 0 bridgehead atoms. The molecule has 0 aromatic heterocycles. The summed E-state index contributed by atoms with van der Waals surface area (Å²) in [6, 6.07) is 21.4. The number of halogens is 2. The molecule has 2 aromatic rings. The fraction of sp³-hybridized carbons (Fsp3) is 0.400. The fourth-order valence-electron chi connectivity index (χ4n) is 3.14. The molecule has 0 heterocycles. The minimum Gasteiger partial charge on any atom is -0.300 e. The van der Waals surface area contributed by atoms with Crippen molar-refractivity contribution in [2.45, 2.75) is 21.7 Å². The number of hydrogen-bond donors (Lipinski definition) is 0. The average molecular weight is 454 g/mol. The van der Waals surface area contributed by atoms with E-state index in [0.29, 0.717) is 0 Å². The summed E-state index contributed by atoms with van der Waals surface area (Å²) < 4.78 is -0.373. The molecule has 0 aliphatic carbocycles. The van der Waals surface area contributed by atoms with E-state index in [-0.39, 0.29) is 8.90 Å². The maximum absolute atomic E-state index is 3.99. The lowest BCUT2D eigenvalue weighted by molar-refractivity contribution is 0.0815. The van der Waals surface area contributed by atoms with E-state index in [1.165, 1.54) is 11.1 Å². The zero-order chi connectivity index (χ0) is 17.8. The van der Waals surface area contributed by atoms with Gasteiger partial charge in [0.1, 0.15) is 0 Å². The molecule has 0 saturated carbocycles. The molecule has 2 nitrogen and oxygen atoms in total. The Morgan fingerprint density at radius 2 is 1.04 bits per heavy atom. The summed E-state index contributed by atoms with van der Waals surface area (Å²) in [5.74, 6) is 0. The normalized spacial score (nSPS) is 12.8. The summed E-state index contributed by atoms with van der Waals surface area (Å²) in [5, 5.41) is 0. The number of benzene rings is 2. The zero-order valence-electron chi connectivity index (χ0n) is 14.8. The Morgan fingerprint density at radius 3 is 1.33 bits per heavy atom. The second kappa shape index (κ2) is 8.13.